The van der Waals surface area contributed by atoms with E-state index in [9.17, 15) is 4.79 Å². The third kappa shape index (κ3) is 3.49. The third-order valence-corrected chi connectivity index (χ3v) is 1.84. The summed E-state index contributed by atoms with van der Waals surface area (Å²) < 4.78 is 4.54. The monoisotopic (exact) mass is 151 g/mol. The number of hydrogen-bond donors (Lipinski definition) is 0. The van der Waals surface area contributed by atoms with Crippen molar-refractivity contribution < 1.29 is 9.45 Å². The first-order chi connectivity index (χ1) is 4.89. The minimum Gasteiger partial charge on any atom is -0.550 e. The zero-order chi connectivity index (χ0) is 9.07. The molecule has 0 aromatic carbocycles. The highest BCUT2D eigenvalue weighted by Crippen LogP contribution is 2.25. The van der Waals surface area contributed by atoms with Gasteiger partial charge in [-0.2, -0.15) is 0 Å². The summed E-state index contributed by atoms with van der Waals surface area (Å²) >= 11 is 0. The smallest absolute Gasteiger partial charge is 0.306 e. The minimum absolute atomic E-state index is 0.0694. The fourth-order valence-corrected chi connectivity index (χ4v) is 0.523. The average Bonchev–Trinajstić information content (AvgIpc) is 1.85. The van der Waals surface area contributed by atoms with E-state index in [-0.39, 0.29) is 17.3 Å². The Kier molecular flexibility index (Phi) is 3.70. The highest BCUT2D eigenvalue weighted by atomic mass is 16.5. The van der Waals surface area contributed by atoms with E-state index in [1.165, 1.54) is 0 Å². The van der Waals surface area contributed by atoms with Gasteiger partial charge in [-0.1, -0.05) is 27.7 Å². The molecule has 0 amide bonds. The van der Waals surface area contributed by atoms with Crippen LogP contribution in [0.25, 0.3) is 0 Å². The molecule has 4 heteroatoms. The van der Waals surface area contributed by atoms with Crippen molar-refractivity contribution in [1.29, 1.82) is 0 Å². The summed E-state index contributed by atoms with van der Waals surface area (Å²) in [6, 6.07) is 0. The molecule has 1 unspecified atom stereocenters. The zero-order valence-corrected chi connectivity index (χ0v) is 7.55. The van der Waals surface area contributed by atoms with E-state index in [2.05, 4.69) is 4.65 Å². The molecule has 0 aromatic heterocycles. The molecule has 1 atom stereocenters. The second kappa shape index (κ2) is 3.84. The molecule has 0 aliphatic heterocycles. The van der Waals surface area contributed by atoms with E-state index in [4.69, 9.17) is 7.74 Å². The van der Waals surface area contributed by atoms with Crippen LogP contribution in [-0.2, 0) is 9.45 Å². The van der Waals surface area contributed by atoms with Crippen molar-refractivity contribution in [3.8, 4) is 0 Å². The van der Waals surface area contributed by atoms with Gasteiger partial charge in [-0.15, -0.1) is 0 Å². The van der Waals surface area contributed by atoms with Crippen LogP contribution in [0, 0.1) is 11.3 Å². The van der Waals surface area contributed by atoms with E-state index >= 15 is 0 Å². The molecular formula is C7H13B2O2. The van der Waals surface area contributed by atoms with Crippen LogP contribution in [0.5, 0.6) is 0 Å². The van der Waals surface area contributed by atoms with E-state index < -0.39 is 0 Å². The minimum atomic E-state index is -0.278. The van der Waals surface area contributed by atoms with Crippen LogP contribution < -0.4 is 0 Å². The number of carbonyl (C=O) groups is 1. The summed E-state index contributed by atoms with van der Waals surface area (Å²) in [6.45, 7) is 7.77. The van der Waals surface area contributed by atoms with E-state index in [0.29, 0.717) is 0 Å². The number of rotatable bonds is 2. The molecule has 0 saturated carbocycles. The quantitative estimate of drug-likeness (QED) is 0.548. The van der Waals surface area contributed by atoms with Gasteiger partial charge in [0.25, 0.3) is 5.97 Å². The van der Waals surface area contributed by atoms with Crippen LogP contribution >= 0.6 is 0 Å². The van der Waals surface area contributed by atoms with Crippen molar-refractivity contribution in [3.63, 3.8) is 0 Å². The molecule has 0 bridgehead atoms. The summed E-state index contributed by atoms with van der Waals surface area (Å²) in [6.07, 6.45) is 0. The Morgan fingerprint density at radius 3 is 2.27 bits per heavy atom. The van der Waals surface area contributed by atoms with Gasteiger partial charge in [-0.3, -0.25) is 4.79 Å². The van der Waals surface area contributed by atoms with Crippen LogP contribution in [0.3, 0.4) is 0 Å². The standard InChI is InChI=1S/C7H13B2O2/c1-5(7(2,3)4)6(10)11-9-8/h5H,1-4H3. The van der Waals surface area contributed by atoms with Crippen LogP contribution in [0.4, 0.5) is 0 Å². The molecule has 0 aliphatic carbocycles. The van der Waals surface area contributed by atoms with Crippen LogP contribution in [0.2, 0.25) is 0 Å². The maximum absolute atomic E-state index is 11.1. The van der Waals surface area contributed by atoms with E-state index in [1.54, 1.807) is 0 Å². The second-order valence-electron chi connectivity index (χ2n) is 3.66. The Bertz CT molecular complexity index is 140. The van der Waals surface area contributed by atoms with Gasteiger partial charge in [0.05, 0.1) is 13.7 Å². The molecule has 2 nitrogen and oxygen atoms in total. The Morgan fingerprint density at radius 2 is 2.00 bits per heavy atom. The van der Waals surface area contributed by atoms with Crippen LogP contribution in [0.15, 0.2) is 0 Å². The van der Waals surface area contributed by atoms with Gasteiger partial charge in [0.2, 0.25) is 0 Å². The van der Waals surface area contributed by atoms with Gasteiger partial charge in [0.1, 0.15) is 0 Å². The van der Waals surface area contributed by atoms with E-state index in [1.807, 2.05) is 27.7 Å². The predicted molar refractivity (Wildman–Crippen MR) is 46.2 cm³/mol. The number of carbonyl (C=O) groups excluding carboxylic acids is 1. The van der Waals surface area contributed by atoms with Crippen molar-refractivity contribution in [2.24, 2.45) is 11.3 Å². The highest BCUT2D eigenvalue weighted by Gasteiger charge is 2.27. The van der Waals surface area contributed by atoms with Gasteiger partial charge in [-0.25, -0.2) is 0 Å². The van der Waals surface area contributed by atoms with Crippen molar-refractivity contribution in [1.82, 2.24) is 0 Å². The molecule has 0 aromatic rings. The molecular weight excluding hydrogens is 138 g/mol. The Labute approximate surface area is 70.4 Å². The van der Waals surface area contributed by atoms with Crippen molar-refractivity contribution in [3.05, 3.63) is 0 Å². The van der Waals surface area contributed by atoms with Gasteiger partial charge in [-0.05, 0) is 5.41 Å². The fraction of sp³-hybridized carbons (Fsp3) is 0.857. The summed E-state index contributed by atoms with van der Waals surface area (Å²) in [5.74, 6) is -0.415. The van der Waals surface area contributed by atoms with Crippen LogP contribution in [-0.4, -0.2) is 21.1 Å². The normalized spacial score (nSPS) is 13.8. The lowest BCUT2D eigenvalue weighted by Crippen LogP contribution is -2.28. The maximum atomic E-state index is 11.1. The van der Waals surface area contributed by atoms with Crippen molar-refractivity contribution in [2.75, 3.05) is 0 Å². The predicted octanol–water partition coefficient (Wildman–Crippen LogP) is 0.914. The van der Waals surface area contributed by atoms with Gasteiger partial charge in [0.15, 0.2) is 0 Å². The molecule has 0 aliphatic rings. The molecule has 59 valence electrons. The summed E-state index contributed by atoms with van der Waals surface area (Å²) in [5.41, 5.74) is -0.0694. The topological polar surface area (TPSA) is 26.3 Å². The Morgan fingerprint density at radius 1 is 1.55 bits per heavy atom. The Balaban J connectivity index is 4.03. The SMILES string of the molecule is [B][B]OC(=O)C(C)C(C)(C)C. The van der Waals surface area contributed by atoms with Crippen molar-refractivity contribution >= 4 is 21.1 Å². The highest BCUT2D eigenvalue weighted by molar-refractivity contribution is 6.86. The largest absolute Gasteiger partial charge is 0.550 e. The first kappa shape index (κ1) is 10.6. The fourth-order valence-electron chi connectivity index (χ4n) is 0.523. The maximum Gasteiger partial charge on any atom is 0.306 e. The Hall–Kier alpha value is -0.400. The van der Waals surface area contributed by atoms with Crippen LogP contribution in [0.1, 0.15) is 27.7 Å². The number of hydrogen-bond acceptors (Lipinski definition) is 2. The van der Waals surface area contributed by atoms with Gasteiger partial charge in [0, 0.05) is 0 Å². The molecule has 0 heterocycles. The summed E-state index contributed by atoms with van der Waals surface area (Å²) in [5, 5.41) is 0. The zero-order valence-electron chi connectivity index (χ0n) is 7.55. The molecule has 3 radical (unpaired) electrons. The molecule has 0 saturated heterocycles. The summed E-state index contributed by atoms with van der Waals surface area (Å²) in [7, 11) is 5.86. The first-order valence-corrected chi connectivity index (χ1v) is 3.63. The average molecular weight is 151 g/mol. The molecule has 0 fully saturated rings. The van der Waals surface area contributed by atoms with E-state index in [0.717, 1.165) is 7.37 Å². The molecule has 11 heavy (non-hydrogen) atoms. The second-order valence-corrected chi connectivity index (χ2v) is 3.66. The van der Waals surface area contributed by atoms with Gasteiger partial charge < -0.3 is 4.65 Å². The third-order valence-electron chi connectivity index (χ3n) is 1.84. The molecule has 0 N–H and O–H groups in total. The first-order valence-electron chi connectivity index (χ1n) is 3.63. The summed E-state index contributed by atoms with van der Waals surface area (Å²) in [4.78, 5) is 11.1. The lowest BCUT2D eigenvalue weighted by molar-refractivity contribution is -0.141. The van der Waals surface area contributed by atoms with Gasteiger partial charge >= 0.3 is 7.37 Å². The lowest BCUT2D eigenvalue weighted by atomic mass is 9.71. The molecule has 0 spiro atoms. The molecule has 0 rings (SSSR count). The van der Waals surface area contributed by atoms with Crippen molar-refractivity contribution in [2.45, 2.75) is 27.7 Å². The lowest BCUT2D eigenvalue weighted by Gasteiger charge is -2.25.